The SMILES string of the molecule is C=CC(=O)N1C[C@H](c2cc(Cl)nc(C3=CC=NCN3C)c2)O[C@@H]([C@@H](C)O)C1. The molecule has 0 spiro atoms. The van der Waals surface area contributed by atoms with E-state index in [0.717, 1.165) is 11.3 Å². The Morgan fingerprint density at radius 3 is 2.93 bits per heavy atom. The predicted octanol–water partition coefficient (Wildman–Crippen LogP) is 1.88. The zero-order valence-corrected chi connectivity index (χ0v) is 16.1. The summed E-state index contributed by atoms with van der Waals surface area (Å²) in [5, 5.41) is 10.3. The van der Waals surface area contributed by atoms with E-state index in [-0.39, 0.29) is 5.91 Å². The number of allylic oxidation sites excluding steroid dienone is 1. The van der Waals surface area contributed by atoms with Gasteiger partial charge in [0.1, 0.15) is 24.0 Å². The molecule has 2 aliphatic heterocycles. The molecule has 1 saturated heterocycles. The summed E-state index contributed by atoms with van der Waals surface area (Å²) in [6, 6.07) is 3.63. The first kappa shape index (κ1) is 19.5. The third kappa shape index (κ3) is 4.37. The molecule has 0 bridgehead atoms. The second-order valence-corrected chi connectivity index (χ2v) is 7.07. The van der Waals surface area contributed by atoms with Gasteiger partial charge in [0.25, 0.3) is 0 Å². The number of aliphatic imine (C=N–C) groups is 1. The topological polar surface area (TPSA) is 78.3 Å². The highest BCUT2D eigenvalue weighted by Crippen LogP contribution is 2.30. The lowest BCUT2D eigenvalue weighted by atomic mass is 10.0. The van der Waals surface area contributed by atoms with E-state index in [1.165, 1.54) is 6.08 Å². The van der Waals surface area contributed by atoms with E-state index in [2.05, 4.69) is 16.6 Å². The van der Waals surface area contributed by atoms with Gasteiger partial charge in [0.2, 0.25) is 5.91 Å². The van der Waals surface area contributed by atoms with E-state index in [0.29, 0.717) is 30.6 Å². The number of ether oxygens (including phenoxy) is 1. The number of hydrogen-bond donors (Lipinski definition) is 1. The minimum absolute atomic E-state index is 0.194. The average molecular weight is 391 g/mol. The highest BCUT2D eigenvalue weighted by atomic mass is 35.5. The maximum atomic E-state index is 12.1. The van der Waals surface area contributed by atoms with Crippen molar-refractivity contribution in [3.05, 3.63) is 47.3 Å². The van der Waals surface area contributed by atoms with Gasteiger partial charge in [-0.2, -0.15) is 0 Å². The minimum Gasteiger partial charge on any atom is -0.391 e. The van der Waals surface area contributed by atoms with Gasteiger partial charge < -0.3 is 19.6 Å². The van der Waals surface area contributed by atoms with Crippen LogP contribution in [-0.4, -0.2) is 71.0 Å². The molecule has 1 aromatic rings. The first-order valence-electron chi connectivity index (χ1n) is 8.73. The minimum atomic E-state index is -0.715. The number of carbonyl (C=O) groups excluding carboxylic acids is 1. The molecule has 3 atom stereocenters. The van der Waals surface area contributed by atoms with Crippen molar-refractivity contribution in [2.75, 3.05) is 26.8 Å². The van der Waals surface area contributed by atoms with E-state index in [9.17, 15) is 9.90 Å². The highest BCUT2D eigenvalue weighted by Gasteiger charge is 2.33. The number of hydrogen-bond acceptors (Lipinski definition) is 6. The van der Waals surface area contributed by atoms with Gasteiger partial charge in [-0.3, -0.25) is 9.79 Å². The summed E-state index contributed by atoms with van der Waals surface area (Å²) in [4.78, 5) is 24.4. The summed E-state index contributed by atoms with van der Waals surface area (Å²) < 4.78 is 6.06. The van der Waals surface area contributed by atoms with Crippen molar-refractivity contribution in [1.29, 1.82) is 0 Å². The number of aliphatic hydroxyl groups is 1. The van der Waals surface area contributed by atoms with E-state index in [4.69, 9.17) is 16.3 Å². The Kier molecular flexibility index (Phi) is 5.94. The first-order valence-corrected chi connectivity index (χ1v) is 9.10. The van der Waals surface area contributed by atoms with Crippen molar-refractivity contribution in [2.24, 2.45) is 4.99 Å². The van der Waals surface area contributed by atoms with Crippen molar-refractivity contribution < 1.29 is 14.6 Å². The van der Waals surface area contributed by atoms with Gasteiger partial charge in [0, 0.05) is 19.8 Å². The summed E-state index contributed by atoms with van der Waals surface area (Å²) >= 11 is 6.27. The fraction of sp³-hybridized carbons (Fsp3) is 0.421. The van der Waals surface area contributed by atoms with Crippen LogP contribution < -0.4 is 0 Å². The molecule has 8 heteroatoms. The van der Waals surface area contributed by atoms with Crippen LogP contribution in [0.5, 0.6) is 0 Å². The third-order valence-corrected chi connectivity index (χ3v) is 4.84. The van der Waals surface area contributed by atoms with Crippen LogP contribution in [-0.2, 0) is 9.53 Å². The predicted molar refractivity (Wildman–Crippen MR) is 104 cm³/mol. The van der Waals surface area contributed by atoms with Gasteiger partial charge in [-0.1, -0.05) is 18.2 Å². The molecular formula is C19H23ClN4O3. The lowest BCUT2D eigenvalue weighted by Crippen LogP contribution is -2.50. The number of amides is 1. The summed E-state index contributed by atoms with van der Waals surface area (Å²) in [5.74, 6) is -0.194. The van der Waals surface area contributed by atoms with Gasteiger partial charge in [0.15, 0.2) is 0 Å². The van der Waals surface area contributed by atoms with Crippen LogP contribution in [0.15, 0.2) is 35.9 Å². The average Bonchev–Trinajstić information content (AvgIpc) is 2.66. The molecule has 3 heterocycles. The standard InChI is InChI=1S/C19H23ClN4O3/c1-4-19(26)24-9-16(12(2)25)27-17(10-24)13-7-14(22-18(20)8-13)15-5-6-21-11-23(15)3/h4-8,12,16-17,25H,1,9-11H2,2-3H3/t12-,16-,17-/m1/s1. The molecule has 2 aliphatic rings. The van der Waals surface area contributed by atoms with Crippen molar-refractivity contribution in [2.45, 2.75) is 25.2 Å². The third-order valence-electron chi connectivity index (χ3n) is 4.64. The number of rotatable bonds is 4. The maximum Gasteiger partial charge on any atom is 0.246 e. The molecule has 7 nitrogen and oxygen atoms in total. The normalized spacial score (nSPS) is 23.8. The van der Waals surface area contributed by atoms with Gasteiger partial charge in [-0.05, 0) is 36.8 Å². The van der Waals surface area contributed by atoms with Crippen LogP contribution in [0.1, 0.15) is 24.3 Å². The maximum absolute atomic E-state index is 12.1. The molecule has 144 valence electrons. The summed E-state index contributed by atoms with van der Waals surface area (Å²) in [6.45, 7) is 6.41. The molecule has 1 fully saturated rings. The zero-order valence-electron chi connectivity index (χ0n) is 15.4. The first-order chi connectivity index (χ1) is 12.9. The molecule has 3 rings (SSSR count). The van der Waals surface area contributed by atoms with E-state index in [1.807, 2.05) is 24.1 Å². The zero-order chi connectivity index (χ0) is 19.6. The van der Waals surface area contributed by atoms with Crippen LogP contribution in [0.4, 0.5) is 0 Å². The molecule has 27 heavy (non-hydrogen) atoms. The Hall–Kier alpha value is -2.22. The van der Waals surface area contributed by atoms with Crippen LogP contribution in [0.2, 0.25) is 5.15 Å². The fourth-order valence-corrected chi connectivity index (χ4v) is 3.38. The number of aliphatic hydroxyl groups excluding tert-OH is 1. The Morgan fingerprint density at radius 2 is 2.26 bits per heavy atom. The van der Waals surface area contributed by atoms with Crippen molar-refractivity contribution >= 4 is 29.4 Å². The van der Waals surface area contributed by atoms with Crippen LogP contribution >= 0.6 is 11.6 Å². The van der Waals surface area contributed by atoms with Crippen molar-refractivity contribution in [3.63, 3.8) is 0 Å². The van der Waals surface area contributed by atoms with Gasteiger partial charge in [-0.25, -0.2) is 4.98 Å². The molecule has 1 aromatic heterocycles. The van der Waals surface area contributed by atoms with Gasteiger partial charge in [-0.15, -0.1) is 0 Å². The van der Waals surface area contributed by atoms with Crippen LogP contribution in [0, 0.1) is 0 Å². The number of nitrogens with zero attached hydrogens (tertiary/aromatic N) is 4. The Labute approximate surface area is 163 Å². The largest absolute Gasteiger partial charge is 0.391 e. The van der Waals surface area contributed by atoms with Gasteiger partial charge >= 0.3 is 0 Å². The molecule has 1 N–H and O–H groups in total. The van der Waals surface area contributed by atoms with E-state index in [1.54, 1.807) is 24.1 Å². The molecule has 0 aliphatic carbocycles. The monoisotopic (exact) mass is 390 g/mol. The highest BCUT2D eigenvalue weighted by molar-refractivity contribution is 6.29. The van der Waals surface area contributed by atoms with Crippen LogP contribution in [0.25, 0.3) is 5.70 Å². The second-order valence-electron chi connectivity index (χ2n) is 6.68. The number of carbonyl (C=O) groups is 1. The number of pyridine rings is 1. The summed E-state index contributed by atoms with van der Waals surface area (Å²) in [6.07, 6.45) is 3.25. The van der Waals surface area contributed by atoms with Crippen LogP contribution in [0.3, 0.4) is 0 Å². The molecule has 1 amide bonds. The lowest BCUT2D eigenvalue weighted by Gasteiger charge is -2.39. The van der Waals surface area contributed by atoms with E-state index >= 15 is 0 Å². The molecule has 0 aromatic carbocycles. The molecule has 0 saturated carbocycles. The number of halogens is 1. The number of morpholine rings is 1. The smallest absolute Gasteiger partial charge is 0.246 e. The Bertz CT molecular complexity index is 793. The van der Waals surface area contributed by atoms with Gasteiger partial charge in [0.05, 0.1) is 24.0 Å². The molecular weight excluding hydrogens is 368 g/mol. The Morgan fingerprint density at radius 1 is 1.48 bits per heavy atom. The molecule has 0 radical (unpaired) electrons. The second kappa shape index (κ2) is 8.21. The van der Waals surface area contributed by atoms with E-state index < -0.39 is 18.3 Å². The lowest BCUT2D eigenvalue weighted by molar-refractivity contribution is -0.152. The fourth-order valence-electron chi connectivity index (χ4n) is 3.16. The van der Waals surface area contributed by atoms with Crippen molar-refractivity contribution in [3.8, 4) is 0 Å². The Balaban J connectivity index is 1.94. The van der Waals surface area contributed by atoms with Crippen molar-refractivity contribution in [1.82, 2.24) is 14.8 Å². The molecule has 0 unspecified atom stereocenters. The summed E-state index contributed by atoms with van der Waals surface area (Å²) in [5.41, 5.74) is 2.40. The summed E-state index contributed by atoms with van der Waals surface area (Å²) in [7, 11) is 1.93. The quantitative estimate of drug-likeness (QED) is 0.627. The number of aromatic nitrogens is 1.